The van der Waals surface area contributed by atoms with Crippen LogP contribution in [0.15, 0.2) is 60.9 Å². The molecule has 27 heteroatoms. The maximum absolute atomic E-state index is 12.5. The monoisotopic (exact) mass is 1050 g/mol. The minimum Gasteiger partial charge on any atom is -0.478 e. The maximum Gasteiger partial charge on any atom is 0.335 e. The molecule has 0 saturated carbocycles. The lowest BCUT2D eigenvalue weighted by atomic mass is 10.2. The van der Waals surface area contributed by atoms with Gasteiger partial charge in [-0.2, -0.15) is 19.9 Å². The van der Waals surface area contributed by atoms with Gasteiger partial charge in [0.05, 0.1) is 81.2 Å². The molecule has 73 heavy (non-hydrogen) atoms. The highest BCUT2D eigenvalue weighted by Gasteiger charge is 2.23. The number of carbonyl (C=O) groups is 2. The summed E-state index contributed by atoms with van der Waals surface area (Å²) >= 11 is 0. The zero-order chi connectivity index (χ0) is 52.1. The van der Waals surface area contributed by atoms with Crippen molar-refractivity contribution in [2.75, 3.05) is 98.7 Å². The number of anilines is 6. The molecule has 0 aliphatic carbocycles. The Bertz CT molecular complexity index is 2760. The van der Waals surface area contributed by atoms with E-state index in [9.17, 15) is 18.7 Å². The van der Waals surface area contributed by atoms with Crippen LogP contribution in [-0.4, -0.2) is 123 Å². The van der Waals surface area contributed by atoms with Crippen molar-refractivity contribution in [3.8, 4) is 0 Å². The van der Waals surface area contributed by atoms with E-state index in [1.807, 2.05) is 36.0 Å². The van der Waals surface area contributed by atoms with Gasteiger partial charge in [0.15, 0.2) is 34.0 Å². The van der Waals surface area contributed by atoms with Crippen LogP contribution in [0.2, 0.25) is 0 Å². The average Bonchev–Trinajstić information content (AvgIpc) is 3.33. The number of nitrogen functional groups attached to an aromatic ring is 4. The van der Waals surface area contributed by atoms with E-state index in [0.29, 0.717) is 111 Å². The van der Waals surface area contributed by atoms with Crippen molar-refractivity contribution in [3.05, 3.63) is 83.4 Å². The molecule has 12 N–H and O–H groups in total. The van der Waals surface area contributed by atoms with E-state index in [4.69, 9.17) is 51.9 Å². The fraction of sp³-hybridized carbons (Fsp3) is 0.435. The van der Waals surface area contributed by atoms with Gasteiger partial charge in [-0.25, -0.2) is 24.7 Å². The van der Waals surface area contributed by atoms with Crippen LogP contribution in [-0.2, 0) is 40.3 Å². The fourth-order valence-corrected chi connectivity index (χ4v) is 9.85. The first kappa shape index (κ1) is 62.4. The van der Waals surface area contributed by atoms with Crippen LogP contribution in [0.3, 0.4) is 0 Å². The SMILES string of the molecule is C.C.CCOP(=O)(CCCN)OCC.CCOP(=O)(CCCNC(=O)c1ccc(N(C)Cc2cnc3nc(N)nc(N)c3n2)cc1)OCC.CN(Cc1cnc2nc(N)nc(N)c2n1)c1ccc(C(=O)O)cc1. The lowest BCUT2D eigenvalue weighted by molar-refractivity contribution is 0.0696. The summed E-state index contributed by atoms with van der Waals surface area (Å²) in [7, 11) is -2.15. The lowest BCUT2D eigenvalue weighted by Crippen LogP contribution is -2.25. The van der Waals surface area contributed by atoms with Gasteiger partial charge in [0.25, 0.3) is 5.91 Å². The standard InChI is InChI=1S/C22H31N8O4P.C15H15N7O2.C7H18NO3P.2CH4/c1-4-33-35(32,34-5-2)12-6-11-25-21(31)15-7-9-17(10-8-15)30(3)14-16-13-26-20-18(27-16)19(23)28-22(24)29-20;1-22(10-4-2-8(3-5-10)14(23)24)7-9-6-18-13-11(19-9)12(16)20-15(17)21-13;1-3-10-12(9,11-4-2)7-5-6-8;;/h7-10,13H,4-6,11-12,14H2,1-3H3,(H,25,31)(H4,23,24,26,28,29);2-6H,7H2,1H3,(H,23,24)(H4,16,17,18,20,21);3-8H2,1-2H3;2*1H4. The van der Waals surface area contributed by atoms with Crippen molar-refractivity contribution >= 4 is 84.3 Å². The third kappa shape index (κ3) is 19.3. The Kier molecular flexibility index (Phi) is 25.9. The summed E-state index contributed by atoms with van der Waals surface area (Å²) in [5.41, 5.74) is 33.5. The Morgan fingerprint density at radius 3 is 1.36 bits per heavy atom. The van der Waals surface area contributed by atoms with Crippen molar-refractivity contribution < 1.29 is 41.9 Å². The second kappa shape index (κ2) is 30.3. The number of nitrogens with two attached hydrogens (primary N) is 5. The number of aromatic nitrogens is 8. The number of nitrogens with zero attached hydrogens (tertiary/aromatic N) is 10. The first-order chi connectivity index (χ1) is 33.9. The Morgan fingerprint density at radius 1 is 0.603 bits per heavy atom. The van der Waals surface area contributed by atoms with Gasteiger partial charge in [-0.05, 0) is 95.6 Å². The summed E-state index contributed by atoms with van der Waals surface area (Å²) in [5.74, 6) is -0.706. The van der Waals surface area contributed by atoms with Gasteiger partial charge in [-0.1, -0.05) is 14.9 Å². The van der Waals surface area contributed by atoms with Crippen LogP contribution in [0, 0.1) is 0 Å². The highest BCUT2D eigenvalue weighted by atomic mass is 31.2. The maximum atomic E-state index is 12.5. The molecule has 4 aromatic heterocycles. The van der Waals surface area contributed by atoms with Gasteiger partial charge in [-0.3, -0.25) is 13.9 Å². The molecule has 0 unspecified atom stereocenters. The third-order valence-corrected chi connectivity index (χ3v) is 14.1. The summed E-state index contributed by atoms with van der Waals surface area (Å²) < 4.78 is 44.8. The second-order valence-electron chi connectivity index (χ2n) is 15.2. The van der Waals surface area contributed by atoms with E-state index >= 15 is 0 Å². The van der Waals surface area contributed by atoms with Crippen LogP contribution in [0.1, 0.15) is 87.5 Å². The molecule has 400 valence electrons. The quantitative estimate of drug-likeness (QED) is 0.0269. The first-order valence-electron chi connectivity index (χ1n) is 22.6. The second-order valence-corrected chi connectivity index (χ2v) is 19.6. The number of carboxylic acid groups (broad SMARTS) is 1. The average molecular weight is 1060 g/mol. The molecule has 6 aromatic rings. The van der Waals surface area contributed by atoms with Gasteiger partial charge in [-0.15, -0.1) is 0 Å². The van der Waals surface area contributed by atoms with Crippen LogP contribution in [0.25, 0.3) is 22.3 Å². The predicted octanol–water partition coefficient (Wildman–Crippen LogP) is 6.40. The minimum atomic E-state index is -3.10. The van der Waals surface area contributed by atoms with Crippen LogP contribution < -0.4 is 43.8 Å². The van der Waals surface area contributed by atoms with Crippen LogP contribution in [0.5, 0.6) is 0 Å². The molecule has 0 radical (unpaired) electrons. The van der Waals surface area contributed by atoms with Gasteiger partial charge >= 0.3 is 21.2 Å². The number of hydrogen-bond donors (Lipinski definition) is 7. The molecule has 4 heterocycles. The first-order valence-corrected chi connectivity index (χ1v) is 26.0. The molecule has 6 rings (SSSR count). The lowest BCUT2D eigenvalue weighted by Gasteiger charge is -2.19. The molecule has 0 aliphatic rings. The van der Waals surface area contributed by atoms with E-state index in [2.05, 4.69) is 45.2 Å². The van der Waals surface area contributed by atoms with Gasteiger partial charge < -0.3 is 67.0 Å². The molecule has 0 bridgehead atoms. The fourth-order valence-electron chi connectivity index (χ4n) is 6.49. The van der Waals surface area contributed by atoms with Crippen molar-refractivity contribution in [2.45, 2.75) is 68.5 Å². The Morgan fingerprint density at radius 2 is 0.986 bits per heavy atom. The summed E-state index contributed by atoms with van der Waals surface area (Å²) in [6, 6.07) is 13.7. The van der Waals surface area contributed by atoms with Crippen molar-refractivity contribution in [1.82, 2.24) is 45.2 Å². The molecule has 25 nitrogen and oxygen atoms in total. The van der Waals surface area contributed by atoms with Crippen molar-refractivity contribution in [1.29, 1.82) is 0 Å². The number of nitrogens with one attached hydrogen (secondary N) is 1. The van der Waals surface area contributed by atoms with E-state index in [0.717, 1.165) is 11.4 Å². The molecule has 0 atom stereocenters. The van der Waals surface area contributed by atoms with Gasteiger partial charge in [0.1, 0.15) is 0 Å². The Hall–Kier alpha value is -6.72. The summed E-state index contributed by atoms with van der Waals surface area (Å²) in [5, 5.41) is 11.8. The molecule has 0 aliphatic heterocycles. The Labute approximate surface area is 426 Å². The molecule has 0 saturated heterocycles. The largest absolute Gasteiger partial charge is 0.478 e. The number of benzene rings is 2. The van der Waals surface area contributed by atoms with Gasteiger partial charge in [0.2, 0.25) is 11.9 Å². The predicted molar refractivity (Wildman–Crippen MR) is 287 cm³/mol. The molecule has 1 amide bonds. The highest BCUT2D eigenvalue weighted by molar-refractivity contribution is 7.54. The smallest absolute Gasteiger partial charge is 0.335 e. The summed E-state index contributed by atoms with van der Waals surface area (Å²) in [6.45, 7) is 10.4. The molecular formula is C46H72N16O9P2. The number of rotatable bonds is 23. The number of carboxylic acids is 1. The molecular weight excluding hydrogens is 983 g/mol. The van der Waals surface area contributed by atoms with E-state index in [1.165, 1.54) is 0 Å². The third-order valence-electron chi connectivity index (χ3n) is 9.76. The summed E-state index contributed by atoms with van der Waals surface area (Å²) in [6.07, 6.45) is 5.04. The normalized spacial score (nSPS) is 11.0. The molecule has 0 spiro atoms. The van der Waals surface area contributed by atoms with E-state index < -0.39 is 21.2 Å². The topological polar surface area (TPSA) is 377 Å². The number of aromatic carboxylic acids is 1. The van der Waals surface area contributed by atoms with Crippen LogP contribution >= 0.6 is 15.2 Å². The zero-order valence-electron chi connectivity index (χ0n) is 40.7. The number of fused-ring (bicyclic) bond motifs is 2. The zero-order valence-corrected chi connectivity index (χ0v) is 42.5. The highest BCUT2D eigenvalue weighted by Crippen LogP contribution is 2.49. The molecule has 0 fully saturated rings. The number of hydrogen-bond acceptors (Lipinski definition) is 23. The molecule has 2 aromatic carbocycles. The Balaban J connectivity index is 0.000000416. The number of amides is 1. The summed E-state index contributed by atoms with van der Waals surface area (Å²) in [4.78, 5) is 60.5. The minimum absolute atomic E-state index is 0. The number of carbonyl (C=O) groups excluding carboxylic acids is 1. The van der Waals surface area contributed by atoms with Gasteiger partial charge in [0, 0.05) is 37.6 Å². The van der Waals surface area contributed by atoms with Crippen molar-refractivity contribution in [3.63, 3.8) is 0 Å². The van der Waals surface area contributed by atoms with Crippen molar-refractivity contribution in [2.24, 2.45) is 5.73 Å². The van der Waals surface area contributed by atoms with E-state index in [-0.39, 0.29) is 56.0 Å². The van der Waals surface area contributed by atoms with Crippen LogP contribution in [0.4, 0.5) is 34.9 Å². The van der Waals surface area contributed by atoms with E-state index in [1.54, 1.807) is 76.5 Å².